The van der Waals surface area contributed by atoms with Crippen molar-refractivity contribution >= 4 is 32.6 Å². The summed E-state index contributed by atoms with van der Waals surface area (Å²) >= 11 is 0. The maximum atomic E-state index is 13.6. The van der Waals surface area contributed by atoms with Gasteiger partial charge in [-0.25, -0.2) is 18.2 Å². The normalized spacial score (nSPS) is 11.8. The maximum absolute atomic E-state index is 13.6. The van der Waals surface area contributed by atoms with Crippen molar-refractivity contribution in [3.05, 3.63) is 65.4 Å². The Balaban J connectivity index is 1.89. The molecule has 170 valence electrons. The van der Waals surface area contributed by atoms with Crippen LogP contribution in [0.3, 0.4) is 0 Å². The van der Waals surface area contributed by atoms with Gasteiger partial charge in [0.2, 0.25) is 10.0 Å². The lowest BCUT2D eigenvalue weighted by Gasteiger charge is -2.23. The summed E-state index contributed by atoms with van der Waals surface area (Å²) in [4.78, 5) is 15.5. The molecule has 0 saturated heterocycles. The number of carbonyl (C=O) groups is 1. The van der Waals surface area contributed by atoms with Crippen LogP contribution in [-0.2, 0) is 16.4 Å². The van der Waals surface area contributed by atoms with Gasteiger partial charge in [0.15, 0.2) is 0 Å². The summed E-state index contributed by atoms with van der Waals surface area (Å²) in [7, 11) is -3.81. The number of aryl methyl sites for hydroxylation is 2. The van der Waals surface area contributed by atoms with Crippen molar-refractivity contribution in [3.63, 3.8) is 0 Å². The van der Waals surface area contributed by atoms with E-state index in [4.69, 9.17) is 16.6 Å². The summed E-state index contributed by atoms with van der Waals surface area (Å²) in [5, 5.41) is 10.4. The Hall–Kier alpha value is -3.01. The Bertz CT molecular complexity index is 1230. The van der Waals surface area contributed by atoms with Crippen LogP contribution in [-0.4, -0.2) is 48.4 Å². The first-order valence-corrected chi connectivity index (χ1v) is 11.9. The highest BCUT2D eigenvalue weighted by atomic mass is 32.2. The molecular formula is C23H28N4O4S. The fourth-order valence-electron chi connectivity index (χ4n) is 3.75. The van der Waals surface area contributed by atoms with E-state index in [9.17, 15) is 13.2 Å². The van der Waals surface area contributed by atoms with Crippen molar-refractivity contribution in [2.24, 2.45) is 5.73 Å². The van der Waals surface area contributed by atoms with Gasteiger partial charge in [-0.05, 0) is 62.1 Å². The molecule has 32 heavy (non-hydrogen) atoms. The standard InChI is InChI=1S/C23H28N4O4S/c1-16-15-26-22(25)19-9-3-10-20(21(16)19)32(30,31)27(13-5-11-24)12-4-7-17-6-2-8-18(14-17)23(28)29/h2-3,6,8-10,14-15H,4-5,7,11-13,24H2,1H3,(H2,25,26)(H,28,29). The quantitative estimate of drug-likeness (QED) is 0.426. The van der Waals surface area contributed by atoms with E-state index in [2.05, 4.69) is 4.98 Å². The number of hydrogen-bond acceptors (Lipinski definition) is 6. The number of aromatic carboxylic acids is 1. The first kappa shape index (κ1) is 23.6. The molecule has 5 N–H and O–H groups in total. The van der Waals surface area contributed by atoms with E-state index in [1.165, 1.54) is 10.4 Å². The van der Waals surface area contributed by atoms with Crippen molar-refractivity contribution < 1.29 is 18.3 Å². The van der Waals surface area contributed by atoms with Crippen LogP contribution >= 0.6 is 0 Å². The molecule has 1 heterocycles. The van der Waals surface area contributed by atoms with Crippen LogP contribution in [0.1, 0.15) is 34.3 Å². The maximum Gasteiger partial charge on any atom is 0.335 e. The SMILES string of the molecule is Cc1cnc(N)c2cccc(S(=O)(=O)N(CCCN)CCCc3cccc(C(=O)O)c3)c12. The first-order chi connectivity index (χ1) is 15.3. The van der Waals surface area contributed by atoms with Crippen molar-refractivity contribution in [2.45, 2.75) is 31.1 Å². The minimum Gasteiger partial charge on any atom is -0.478 e. The molecule has 3 rings (SSSR count). The lowest BCUT2D eigenvalue weighted by molar-refractivity contribution is 0.0696. The van der Waals surface area contributed by atoms with Crippen molar-refractivity contribution in [1.29, 1.82) is 0 Å². The van der Waals surface area contributed by atoms with Crippen LogP contribution in [0.15, 0.2) is 53.6 Å². The van der Waals surface area contributed by atoms with Gasteiger partial charge in [-0.3, -0.25) is 0 Å². The Kier molecular flexibility index (Phi) is 7.44. The predicted molar refractivity (Wildman–Crippen MR) is 125 cm³/mol. The van der Waals surface area contributed by atoms with Crippen LogP contribution in [0.25, 0.3) is 10.8 Å². The van der Waals surface area contributed by atoms with Crippen LogP contribution < -0.4 is 11.5 Å². The van der Waals surface area contributed by atoms with E-state index >= 15 is 0 Å². The molecule has 0 unspecified atom stereocenters. The Morgan fingerprint density at radius 1 is 1.12 bits per heavy atom. The second-order valence-electron chi connectivity index (χ2n) is 7.66. The third-order valence-electron chi connectivity index (χ3n) is 5.37. The van der Waals surface area contributed by atoms with Crippen LogP contribution in [0.5, 0.6) is 0 Å². The van der Waals surface area contributed by atoms with E-state index in [-0.39, 0.29) is 22.8 Å². The third-order valence-corrected chi connectivity index (χ3v) is 7.31. The number of sulfonamides is 1. The highest BCUT2D eigenvalue weighted by Gasteiger charge is 2.26. The second kappa shape index (κ2) is 10.1. The van der Waals surface area contributed by atoms with E-state index in [0.29, 0.717) is 43.1 Å². The van der Waals surface area contributed by atoms with Gasteiger partial charge >= 0.3 is 5.97 Å². The van der Waals surface area contributed by atoms with Gasteiger partial charge in [0.1, 0.15) is 5.82 Å². The number of nitrogens with zero attached hydrogens (tertiary/aromatic N) is 2. The molecule has 0 fully saturated rings. The van der Waals surface area contributed by atoms with Crippen molar-refractivity contribution in [3.8, 4) is 0 Å². The zero-order chi connectivity index (χ0) is 23.3. The first-order valence-electron chi connectivity index (χ1n) is 10.4. The number of pyridine rings is 1. The molecule has 9 heteroatoms. The average molecular weight is 457 g/mol. The molecule has 8 nitrogen and oxygen atoms in total. The summed E-state index contributed by atoms with van der Waals surface area (Å²) in [6, 6.07) is 11.7. The molecule has 1 aromatic heterocycles. The molecule has 0 aliphatic heterocycles. The number of anilines is 1. The molecule has 0 aliphatic rings. The molecule has 0 radical (unpaired) electrons. The van der Waals surface area contributed by atoms with Gasteiger partial charge in [0.25, 0.3) is 0 Å². The Labute approximate surface area is 187 Å². The number of rotatable bonds is 10. The summed E-state index contributed by atoms with van der Waals surface area (Å²) in [6.45, 7) is 2.77. The number of fused-ring (bicyclic) bond motifs is 1. The van der Waals surface area contributed by atoms with Gasteiger partial charge in [-0.15, -0.1) is 0 Å². The average Bonchev–Trinajstić information content (AvgIpc) is 2.78. The van der Waals surface area contributed by atoms with E-state index in [0.717, 1.165) is 11.1 Å². The summed E-state index contributed by atoms with van der Waals surface area (Å²) in [6.07, 6.45) is 3.21. The fourth-order valence-corrected chi connectivity index (χ4v) is 5.54. The number of carboxylic acids is 1. The lowest BCUT2D eigenvalue weighted by Crippen LogP contribution is -2.34. The number of nitrogen functional groups attached to an aromatic ring is 1. The third kappa shape index (κ3) is 5.07. The van der Waals surface area contributed by atoms with Gasteiger partial charge < -0.3 is 16.6 Å². The van der Waals surface area contributed by atoms with E-state index in [1.54, 1.807) is 36.5 Å². The largest absolute Gasteiger partial charge is 0.478 e. The highest BCUT2D eigenvalue weighted by molar-refractivity contribution is 7.89. The molecular weight excluding hydrogens is 428 g/mol. The lowest BCUT2D eigenvalue weighted by atomic mass is 10.1. The summed E-state index contributed by atoms with van der Waals surface area (Å²) in [5.74, 6) is -0.700. The summed E-state index contributed by atoms with van der Waals surface area (Å²) in [5.41, 5.74) is 13.4. The molecule has 0 saturated carbocycles. The van der Waals surface area contributed by atoms with Crippen molar-refractivity contribution in [1.82, 2.24) is 9.29 Å². The molecule has 3 aromatic rings. The summed E-state index contributed by atoms with van der Waals surface area (Å²) < 4.78 is 28.7. The number of nitrogens with two attached hydrogens (primary N) is 2. The van der Waals surface area contributed by atoms with E-state index in [1.807, 2.05) is 13.0 Å². The molecule has 0 atom stereocenters. The molecule has 0 spiro atoms. The van der Waals surface area contributed by atoms with Gasteiger partial charge in [0, 0.05) is 30.1 Å². The fraction of sp³-hybridized carbons (Fsp3) is 0.304. The zero-order valence-electron chi connectivity index (χ0n) is 18.0. The molecule has 0 aliphatic carbocycles. The van der Waals surface area contributed by atoms with Crippen LogP contribution in [0.4, 0.5) is 5.82 Å². The molecule has 0 bridgehead atoms. The predicted octanol–water partition coefficient (Wildman–Crippen LogP) is 2.80. The topological polar surface area (TPSA) is 140 Å². The highest BCUT2D eigenvalue weighted by Crippen LogP contribution is 2.31. The molecule has 0 amide bonds. The van der Waals surface area contributed by atoms with Gasteiger partial charge in [-0.2, -0.15) is 4.31 Å². The monoisotopic (exact) mass is 456 g/mol. The number of aromatic nitrogens is 1. The molecule has 2 aromatic carbocycles. The number of hydrogen-bond donors (Lipinski definition) is 3. The minimum atomic E-state index is -3.81. The van der Waals surface area contributed by atoms with Gasteiger partial charge in [-0.1, -0.05) is 24.3 Å². The zero-order valence-corrected chi connectivity index (χ0v) is 18.8. The Morgan fingerprint density at radius 3 is 2.56 bits per heavy atom. The minimum absolute atomic E-state index is 0.200. The van der Waals surface area contributed by atoms with E-state index < -0.39 is 16.0 Å². The van der Waals surface area contributed by atoms with Crippen LogP contribution in [0.2, 0.25) is 0 Å². The van der Waals surface area contributed by atoms with Crippen LogP contribution in [0, 0.1) is 6.92 Å². The second-order valence-corrected chi connectivity index (χ2v) is 9.57. The van der Waals surface area contributed by atoms with Gasteiger partial charge in [0.05, 0.1) is 10.5 Å². The Morgan fingerprint density at radius 2 is 1.84 bits per heavy atom. The number of benzene rings is 2. The number of carboxylic acid groups (broad SMARTS) is 1. The smallest absolute Gasteiger partial charge is 0.335 e. The van der Waals surface area contributed by atoms with Crippen molar-refractivity contribution in [2.75, 3.05) is 25.4 Å².